The summed E-state index contributed by atoms with van der Waals surface area (Å²) in [5.74, 6) is 0.0717. The summed E-state index contributed by atoms with van der Waals surface area (Å²) in [5, 5.41) is 12.4. The molecule has 4 heteroatoms. The number of carbonyl (C=O) groups excluding carboxylic acids is 1. The lowest BCUT2D eigenvalue weighted by molar-refractivity contribution is -0.120. The van der Waals surface area contributed by atoms with Gasteiger partial charge in [-0.15, -0.1) is 0 Å². The van der Waals surface area contributed by atoms with Crippen LogP contribution in [0, 0.1) is 6.92 Å². The van der Waals surface area contributed by atoms with Crippen molar-refractivity contribution < 1.29 is 9.90 Å². The van der Waals surface area contributed by atoms with Crippen molar-refractivity contribution in [3.8, 4) is 0 Å². The number of likely N-dealkylation sites (tertiary alicyclic amines) is 1. The van der Waals surface area contributed by atoms with Crippen LogP contribution in [-0.4, -0.2) is 48.2 Å². The Balaban J connectivity index is 1.55. The summed E-state index contributed by atoms with van der Waals surface area (Å²) in [7, 11) is 0. The van der Waals surface area contributed by atoms with Crippen LogP contribution in [0.3, 0.4) is 0 Å². The first-order chi connectivity index (χ1) is 11.1. The third-order valence-electron chi connectivity index (χ3n) is 4.22. The Morgan fingerprint density at radius 3 is 2.70 bits per heavy atom. The highest BCUT2D eigenvalue weighted by molar-refractivity contribution is 5.78. The lowest BCUT2D eigenvalue weighted by Gasteiger charge is -2.29. The van der Waals surface area contributed by atoms with Crippen molar-refractivity contribution >= 4 is 12.0 Å². The second-order valence-electron chi connectivity index (χ2n) is 6.29. The molecule has 23 heavy (non-hydrogen) atoms. The average Bonchev–Trinajstić information content (AvgIpc) is 2.55. The first kappa shape index (κ1) is 17.7. The Hall–Kier alpha value is -1.65. The lowest BCUT2D eigenvalue weighted by atomic mass is 10.1. The van der Waals surface area contributed by atoms with E-state index in [0.29, 0.717) is 6.42 Å². The predicted octanol–water partition coefficient (Wildman–Crippen LogP) is 2.36. The molecule has 0 bridgehead atoms. The van der Waals surface area contributed by atoms with Crippen LogP contribution in [-0.2, 0) is 4.79 Å². The molecule has 1 amide bonds. The Labute approximate surface area is 139 Å². The maximum absolute atomic E-state index is 11.8. The molecule has 1 fully saturated rings. The van der Waals surface area contributed by atoms with E-state index in [9.17, 15) is 9.90 Å². The van der Waals surface area contributed by atoms with Gasteiger partial charge in [-0.25, -0.2) is 0 Å². The van der Waals surface area contributed by atoms with Crippen LogP contribution in [0.1, 0.15) is 36.8 Å². The van der Waals surface area contributed by atoms with Crippen LogP contribution in [0.2, 0.25) is 0 Å². The summed E-state index contributed by atoms with van der Waals surface area (Å²) in [6.07, 6.45) is 6.90. The van der Waals surface area contributed by atoms with Crippen LogP contribution in [0.25, 0.3) is 6.08 Å². The number of aryl methyl sites for hydroxylation is 1. The van der Waals surface area contributed by atoms with Crippen molar-refractivity contribution in [2.75, 3.05) is 26.2 Å². The molecule has 1 heterocycles. The second kappa shape index (κ2) is 9.48. The Bertz CT molecular complexity index is 503. The topological polar surface area (TPSA) is 52.6 Å². The van der Waals surface area contributed by atoms with Crippen LogP contribution in [0.4, 0.5) is 0 Å². The molecule has 1 saturated heterocycles. The molecule has 0 saturated carbocycles. The van der Waals surface area contributed by atoms with Crippen molar-refractivity contribution in [1.29, 1.82) is 0 Å². The molecule has 1 aliphatic rings. The van der Waals surface area contributed by atoms with Gasteiger partial charge in [0.25, 0.3) is 0 Å². The van der Waals surface area contributed by atoms with Crippen LogP contribution in [0.5, 0.6) is 0 Å². The molecule has 1 aliphatic heterocycles. The largest absolute Gasteiger partial charge is 0.393 e. The first-order valence-corrected chi connectivity index (χ1v) is 8.54. The zero-order chi connectivity index (χ0) is 16.5. The van der Waals surface area contributed by atoms with E-state index in [2.05, 4.69) is 41.4 Å². The van der Waals surface area contributed by atoms with Gasteiger partial charge in [-0.1, -0.05) is 42.0 Å². The third kappa shape index (κ3) is 6.97. The fraction of sp³-hybridized carbons (Fsp3) is 0.526. The second-order valence-corrected chi connectivity index (χ2v) is 6.29. The Morgan fingerprint density at radius 2 is 2.00 bits per heavy atom. The monoisotopic (exact) mass is 316 g/mol. The first-order valence-electron chi connectivity index (χ1n) is 8.54. The number of hydrogen-bond donors (Lipinski definition) is 2. The van der Waals surface area contributed by atoms with Crippen molar-refractivity contribution in [2.24, 2.45) is 0 Å². The molecule has 0 unspecified atom stereocenters. The molecule has 0 atom stereocenters. The fourth-order valence-electron chi connectivity index (χ4n) is 2.73. The minimum Gasteiger partial charge on any atom is -0.393 e. The average molecular weight is 316 g/mol. The highest BCUT2D eigenvalue weighted by atomic mass is 16.3. The van der Waals surface area contributed by atoms with Gasteiger partial charge in [0.05, 0.1) is 6.10 Å². The van der Waals surface area contributed by atoms with E-state index in [1.54, 1.807) is 0 Å². The van der Waals surface area contributed by atoms with Gasteiger partial charge in [0.15, 0.2) is 0 Å². The van der Waals surface area contributed by atoms with Gasteiger partial charge in [0.2, 0.25) is 5.91 Å². The number of amides is 1. The molecule has 0 aromatic heterocycles. The maximum Gasteiger partial charge on any atom is 0.223 e. The van der Waals surface area contributed by atoms with Crippen molar-refractivity contribution in [1.82, 2.24) is 10.2 Å². The van der Waals surface area contributed by atoms with E-state index in [4.69, 9.17) is 0 Å². The number of carbonyl (C=O) groups is 1. The summed E-state index contributed by atoms with van der Waals surface area (Å²) < 4.78 is 0. The highest BCUT2D eigenvalue weighted by Gasteiger charge is 2.15. The van der Waals surface area contributed by atoms with Crippen LogP contribution >= 0.6 is 0 Å². The zero-order valence-corrected chi connectivity index (χ0v) is 14.0. The number of rotatable bonds is 7. The van der Waals surface area contributed by atoms with E-state index >= 15 is 0 Å². The number of aliphatic hydroxyl groups is 1. The molecule has 4 nitrogen and oxygen atoms in total. The molecular weight excluding hydrogens is 288 g/mol. The van der Waals surface area contributed by atoms with Crippen molar-refractivity contribution in [3.63, 3.8) is 0 Å². The van der Waals surface area contributed by atoms with Crippen LogP contribution < -0.4 is 5.32 Å². The van der Waals surface area contributed by atoms with Gasteiger partial charge >= 0.3 is 0 Å². The van der Waals surface area contributed by atoms with E-state index < -0.39 is 0 Å². The van der Waals surface area contributed by atoms with Gasteiger partial charge in [-0.2, -0.15) is 0 Å². The molecule has 1 aromatic rings. The number of hydrogen-bond acceptors (Lipinski definition) is 3. The van der Waals surface area contributed by atoms with E-state index in [1.807, 2.05) is 12.2 Å². The molecule has 0 aliphatic carbocycles. The summed E-state index contributed by atoms with van der Waals surface area (Å²) >= 11 is 0. The molecule has 0 spiro atoms. The quantitative estimate of drug-likeness (QED) is 0.759. The molecular formula is C19H28N2O2. The summed E-state index contributed by atoms with van der Waals surface area (Å²) in [6.45, 7) is 5.71. The Kier molecular flexibility index (Phi) is 7.30. The van der Waals surface area contributed by atoms with Gasteiger partial charge in [0, 0.05) is 26.1 Å². The normalized spacial score (nSPS) is 16.8. The number of benzene rings is 1. The molecule has 1 aromatic carbocycles. The van der Waals surface area contributed by atoms with E-state index in [0.717, 1.165) is 51.0 Å². The molecule has 126 valence electrons. The molecule has 2 rings (SSSR count). The molecule has 2 N–H and O–H groups in total. The third-order valence-corrected chi connectivity index (χ3v) is 4.22. The fourth-order valence-corrected chi connectivity index (χ4v) is 2.73. The van der Waals surface area contributed by atoms with Gasteiger partial charge in [-0.3, -0.25) is 4.79 Å². The SMILES string of the molecule is Cc1ccc(C=CCC(=O)NCCCN2CCC(O)CC2)cc1. The maximum atomic E-state index is 11.8. The summed E-state index contributed by atoms with van der Waals surface area (Å²) in [4.78, 5) is 14.1. The summed E-state index contributed by atoms with van der Waals surface area (Å²) in [6, 6.07) is 8.25. The summed E-state index contributed by atoms with van der Waals surface area (Å²) in [5.41, 5.74) is 2.36. The standard InChI is InChI=1S/C19H28N2O2/c1-16-6-8-17(9-7-16)4-2-5-19(23)20-12-3-13-21-14-10-18(22)11-15-21/h2,4,6-9,18,22H,3,5,10-15H2,1H3,(H,20,23). The van der Waals surface area contributed by atoms with E-state index in [1.165, 1.54) is 5.56 Å². The van der Waals surface area contributed by atoms with Crippen LogP contribution in [0.15, 0.2) is 30.3 Å². The number of piperidine rings is 1. The van der Waals surface area contributed by atoms with E-state index in [-0.39, 0.29) is 12.0 Å². The predicted molar refractivity (Wildman–Crippen MR) is 94.1 cm³/mol. The number of nitrogens with zero attached hydrogens (tertiary/aromatic N) is 1. The van der Waals surface area contributed by atoms with Gasteiger partial charge in [-0.05, 0) is 38.3 Å². The van der Waals surface area contributed by atoms with Gasteiger partial charge < -0.3 is 15.3 Å². The smallest absolute Gasteiger partial charge is 0.223 e. The lowest BCUT2D eigenvalue weighted by Crippen LogP contribution is -2.37. The minimum atomic E-state index is -0.119. The highest BCUT2D eigenvalue weighted by Crippen LogP contribution is 2.09. The Morgan fingerprint density at radius 1 is 1.30 bits per heavy atom. The van der Waals surface area contributed by atoms with Crippen molar-refractivity contribution in [2.45, 2.75) is 38.7 Å². The zero-order valence-electron chi connectivity index (χ0n) is 14.0. The minimum absolute atomic E-state index is 0.0717. The van der Waals surface area contributed by atoms with Crippen molar-refractivity contribution in [3.05, 3.63) is 41.5 Å². The number of nitrogens with one attached hydrogen (secondary N) is 1. The number of aliphatic hydroxyl groups excluding tert-OH is 1. The van der Waals surface area contributed by atoms with Gasteiger partial charge in [0.1, 0.15) is 0 Å². The molecule has 0 radical (unpaired) electrons.